The van der Waals surface area contributed by atoms with E-state index < -0.39 is 12.1 Å². The number of nitrogens with zero attached hydrogens (tertiary/aromatic N) is 2. The summed E-state index contributed by atoms with van der Waals surface area (Å²) in [5.74, 6) is -0.825. The third kappa shape index (κ3) is 0.922. The zero-order chi connectivity index (χ0) is 8.55. The summed E-state index contributed by atoms with van der Waals surface area (Å²) in [6, 6.07) is 6.55. The van der Waals surface area contributed by atoms with Gasteiger partial charge in [-0.25, -0.2) is 4.39 Å². The van der Waals surface area contributed by atoms with E-state index >= 15 is 0 Å². The quantitative estimate of drug-likeness (QED) is 0.580. The summed E-state index contributed by atoms with van der Waals surface area (Å²) in [5, 5.41) is 6.72. The van der Waals surface area contributed by atoms with Gasteiger partial charge in [-0.15, -0.1) is 10.2 Å². The normalized spacial score (nSPS) is 20.8. The van der Waals surface area contributed by atoms with E-state index in [0.29, 0.717) is 11.3 Å². The van der Waals surface area contributed by atoms with Gasteiger partial charge in [0.05, 0.1) is 5.69 Å². The Morgan fingerprint density at radius 1 is 1.25 bits per heavy atom. The first-order valence-corrected chi connectivity index (χ1v) is 3.47. The van der Waals surface area contributed by atoms with Crippen molar-refractivity contribution >= 4 is 11.6 Å². The summed E-state index contributed by atoms with van der Waals surface area (Å²) < 4.78 is 13.1. The van der Waals surface area contributed by atoms with E-state index in [9.17, 15) is 9.18 Å². The molecule has 4 heteroatoms. The molecule has 0 N–H and O–H groups in total. The minimum Gasteiger partial charge on any atom is -0.267 e. The van der Waals surface area contributed by atoms with Gasteiger partial charge in [0.1, 0.15) is 0 Å². The summed E-state index contributed by atoms with van der Waals surface area (Å²) in [5.41, 5.74) is 0.738. The highest BCUT2D eigenvalue weighted by Gasteiger charge is 2.25. The third-order valence-corrected chi connectivity index (χ3v) is 1.68. The lowest BCUT2D eigenvalue weighted by atomic mass is 10.1. The van der Waals surface area contributed by atoms with Crippen LogP contribution in [0.25, 0.3) is 0 Å². The molecule has 60 valence electrons. The van der Waals surface area contributed by atoms with E-state index in [1.807, 2.05) is 0 Å². The number of rotatable bonds is 0. The molecule has 1 aliphatic heterocycles. The number of alkyl halides is 1. The van der Waals surface area contributed by atoms with Crippen LogP contribution in [-0.2, 0) is 4.79 Å². The lowest BCUT2D eigenvalue weighted by Crippen LogP contribution is -2.07. The highest BCUT2D eigenvalue weighted by Crippen LogP contribution is 2.32. The van der Waals surface area contributed by atoms with Crippen molar-refractivity contribution < 1.29 is 9.18 Å². The first-order valence-electron chi connectivity index (χ1n) is 3.47. The van der Waals surface area contributed by atoms with Gasteiger partial charge in [0.2, 0.25) is 6.17 Å². The smallest absolute Gasteiger partial charge is 0.267 e. The Hall–Kier alpha value is -1.58. The van der Waals surface area contributed by atoms with Crippen LogP contribution in [0.5, 0.6) is 0 Å². The molecule has 0 aromatic heterocycles. The standard InChI is InChI=1S/C8H5FN2O/c9-7-5-3-1-2-4-6(5)10-11-8(7)12/h1-4,7H. The molecule has 1 aliphatic rings. The largest absolute Gasteiger partial charge is 0.303 e. The first kappa shape index (κ1) is 7.09. The Morgan fingerprint density at radius 3 is 2.83 bits per heavy atom. The summed E-state index contributed by atoms with van der Waals surface area (Å²) in [6.07, 6.45) is -1.64. The Kier molecular flexibility index (Phi) is 1.46. The van der Waals surface area contributed by atoms with E-state index in [-0.39, 0.29) is 0 Å². The summed E-state index contributed by atoms with van der Waals surface area (Å²) in [4.78, 5) is 10.7. The van der Waals surface area contributed by atoms with Crippen molar-refractivity contribution in [2.75, 3.05) is 0 Å². The summed E-state index contributed by atoms with van der Waals surface area (Å²) in [6.45, 7) is 0. The number of carbonyl (C=O) groups excluding carboxylic acids is 1. The van der Waals surface area contributed by atoms with Gasteiger partial charge in [0, 0.05) is 5.56 Å². The highest BCUT2D eigenvalue weighted by molar-refractivity contribution is 5.85. The van der Waals surface area contributed by atoms with E-state index in [2.05, 4.69) is 10.2 Å². The Labute approximate surface area is 67.9 Å². The Bertz CT molecular complexity index is 362. The number of fused-ring (bicyclic) bond motifs is 1. The maximum atomic E-state index is 13.1. The number of hydrogen-bond acceptors (Lipinski definition) is 2. The molecule has 0 saturated heterocycles. The van der Waals surface area contributed by atoms with Crippen molar-refractivity contribution in [1.82, 2.24) is 0 Å². The lowest BCUT2D eigenvalue weighted by Gasteiger charge is -2.10. The second kappa shape index (κ2) is 2.48. The van der Waals surface area contributed by atoms with Crippen LogP contribution in [-0.4, -0.2) is 5.91 Å². The molecule has 12 heavy (non-hydrogen) atoms. The SMILES string of the molecule is O=C1N=Nc2ccccc2C1F. The molecule has 0 radical (unpaired) electrons. The predicted octanol–water partition coefficient (Wildman–Crippen LogP) is 2.32. The van der Waals surface area contributed by atoms with Gasteiger partial charge in [0.15, 0.2) is 0 Å². The van der Waals surface area contributed by atoms with E-state index in [1.54, 1.807) is 18.2 Å². The van der Waals surface area contributed by atoms with Crippen molar-refractivity contribution in [2.45, 2.75) is 6.17 Å². The van der Waals surface area contributed by atoms with Gasteiger partial charge in [-0.2, -0.15) is 0 Å². The fourth-order valence-electron chi connectivity index (χ4n) is 1.08. The van der Waals surface area contributed by atoms with E-state index in [4.69, 9.17) is 0 Å². The van der Waals surface area contributed by atoms with E-state index in [1.165, 1.54) is 6.07 Å². The van der Waals surface area contributed by atoms with Gasteiger partial charge in [-0.05, 0) is 6.07 Å². The second-order valence-corrected chi connectivity index (χ2v) is 2.46. The Morgan fingerprint density at radius 2 is 2.00 bits per heavy atom. The molecule has 1 amide bonds. The molecule has 1 aromatic rings. The van der Waals surface area contributed by atoms with Gasteiger partial charge in [-0.3, -0.25) is 4.79 Å². The molecule has 1 atom stereocenters. The maximum Gasteiger partial charge on any atom is 0.303 e. The zero-order valence-corrected chi connectivity index (χ0v) is 6.07. The number of halogens is 1. The maximum absolute atomic E-state index is 13.1. The van der Waals surface area contributed by atoms with Crippen molar-refractivity contribution in [2.24, 2.45) is 10.2 Å². The fourth-order valence-corrected chi connectivity index (χ4v) is 1.08. The molecule has 0 fully saturated rings. The number of carbonyl (C=O) groups is 1. The average Bonchev–Trinajstić information content (AvgIpc) is 2.12. The average molecular weight is 164 g/mol. The van der Waals surface area contributed by atoms with Crippen LogP contribution in [0.15, 0.2) is 34.5 Å². The van der Waals surface area contributed by atoms with Gasteiger partial charge in [-0.1, -0.05) is 18.2 Å². The number of azo groups is 1. The Balaban J connectivity index is 2.59. The van der Waals surface area contributed by atoms with Crippen molar-refractivity contribution in [1.29, 1.82) is 0 Å². The monoisotopic (exact) mass is 164 g/mol. The van der Waals surface area contributed by atoms with Gasteiger partial charge in [0.25, 0.3) is 0 Å². The molecule has 1 aromatic carbocycles. The summed E-state index contributed by atoms with van der Waals surface area (Å²) >= 11 is 0. The van der Waals surface area contributed by atoms with Gasteiger partial charge >= 0.3 is 5.91 Å². The van der Waals surface area contributed by atoms with Crippen LogP contribution in [0.3, 0.4) is 0 Å². The summed E-state index contributed by atoms with van der Waals surface area (Å²) in [7, 11) is 0. The first-order chi connectivity index (χ1) is 5.79. The van der Waals surface area contributed by atoms with E-state index in [0.717, 1.165) is 0 Å². The molecule has 1 heterocycles. The number of hydrogen-bond donors (Lipinski definition) is 0. The molecular weight excluding hydrogens is 159 g/mol. The van der Waals surface area contributed by atoms with Crippen LogP contribution < -0.4 is 0 Å². The zero-order valence-electron chi connectivity index (χ0n) is 6.07. The van der Waals surface area contributed by atoms with Gasteiger partial charge < -0.3 is 0 Å². The molecule has 0 bridgehead atoms. The lowest BCUT2D eigenvalue weighted by molar-refractivity contribution is -0.123. The van der Waals surface area contributed by atoms with Crippen LogP contribution in [0.4, 0.5) is 10.1 Å². The van der Waals surface area contributed by atoms with Crippen LogP contribution in [0.1, 0.15) is 11.7 Å². The fraction of sp³-hybridized carbons (Fsp3) is 0.125. The van der Waals surface area contributed by atoms with Crippen molar-refractivity contribution in [3.8, 4) is 0 Å². The van der Waals surface area contributed by atoms with Crippen molar-refractivity contribution in [3.63, 3.8) is 0 Å². The molecule has 0 spiro atoms. The predicted molar refractivity (Wildman–Crippen MR) is 39.8 cm³/mol. The minimum atomic E-state index is -1.64. The topological polar surface area (TPSA) is 41.8 Å². The van der Waals surface area contributed by atoms with Crippen LogP contribution in [0.2, 0.25) is 0 Å². The van der Waals surface area contributed by atoms with Crippen molar-refractivity contribution in [3.05, 3.63) is 29.8 Å². The molecule has 3 nitrogen and oxygen atoms in total. The number of amides is 1. The van der Waals surface area contributed by atoms with Crippen LogP contribution >= 0.6 is 0 Å². The third-order valence-electron chi connectivity index (χ3n) is 1.68. The second-order valence-electron chi connectivity index (χ2n) is 2.46. The van der Waals surface area contributed by atoms with Crippen LogP contribution in [0, 0.1) is 0 Å². The number of benzene rings is 1. The highest BCUT2D eigenvalue weighted by atomic mass is 19.1. The molecular formula is C8H5FN2O. The minimum absolute atomic E-state index is 0.303. The molecule has 0 aliphatic carbocycles. The molecule has 0 saturated carbocycles. The molecule has 2 rings (SSSR count). The molecule has 1 unspecified atom stereocenters.